The van der Waals surface area contributed by atoms with Crippen LogP contribution in [0, 0.1) is 0 Å². The van der Waals surface area contributed by atoms with Gasteiger partial charge in [-0.1, -0.05) is 154 Å². The summed E-state index contributed by atoms with van der Waals surface area (Å²) in [6.07, 6.45) is 1.42. The maximum atomic E-state index is 11.6. The van der Waals surface area contributed by atoms with Crippen LogP contribution >= 0.6 is 11.6 Å². The van der Waals surface area contributed by atoms with Crippen LogP contribution < -0.4 is 15.3 Å². The van der Waals surface area contributed by atoms with Crippen molar-refractivity contribution in [3.8, 4) is 0 Å². The van der Waals surface area contributed by atoms with E-state index in [0.29, 0.717) is 24.6 Å². The molecule has 0 fully saturated rings. The number of carboxylic acid groups (broad SMARTS) is 1. The van der Waals surface area contributed by atoms with Crippen molar-refractivity contribution in [2.45, 2.75) is 44.7 Å². The van der Waals surface area contributed by atoms with Crippen molar-refractivity contribution in [2.75, 3.05) is 25.1 Å². The molecule has 0 aliphatic carbocycles. The van der Waals surface area contributed by atoms with Crippen LogP contribution in [-0.2, 0) is 17.3 Å². The van der Waals surface area contributed by atoms with Crippen molar-refractivity contribution in [2.24, 2.45) is 0 Å². The first-order valence-corrected chi connectivity index (χ1v) is 21.6. The van der Waals surface area contributed by atoms with Gasteiger partial charge in [-0.2, -0.15) is 0 Å². The fourth-order valence-electron chi connectivity index (χ4n) is 8.34. The van der Waals surface area contributed by atoms with Crippen LogP contribution in [0.4, 0.5) is 5.69 Å². The number of benzene rings is 6. The third-order valence-electron chi connectivity index (χ3n) is 11.0. The molecule has 0 atom stereocenters. The number of carbonyl (C=O) groups is 1. The number of hydrogen-bond donors (Lipinski definition) is 1. The van der Waals surface area contributed by atoms with Crippen molar-refractivity contribution < 1.29 is 14.3 Å². The Morgan fingerprint density at radius 2 is 1.25 bits per heavy atom. The third kappa shape index (κ3) is 7.83. The van der Waals surface area contributed by atoms with Crippen molar-refractivity contribution in [3.63, 3.8) is 0 Å². The summed E-state index contributed by atoms with van der Waals surface area (Å²) in [5, 5.41) is 13.7. The summed E-state index contributed by atoms with van der Waals surface area (Å²) in [4.78, 5) is 13.8. The molecule has 0 bridgehead atoms. The molecule has 0 aliphatic heterocycles. The fourth-order valence-corrected chi connectivity index (χ4v) is 13.1. The molecule has 284 valence electrons. The SMILES string of the molecule is CN(CCc1c(CCO[Si](c2ccccc2)(c2ccccc2)C(C)(C)C)n(C(c2ccccc2)c2ccccc2)c2ccc(Cl)cc12)c1ccc(C(=O)O)cc1. The second-order valence-electron chi connectivity index (χ2n) is 15.5. The molecule has 0 radical (unpaired) electrons. The average molecular weight is 777 g/mol. The monoisotopic (exact) mass is 776 g/mol. The van der Waals surface area contributed by atoms with E-state index in [2.05, 4.69) is 171 Å². The van der Waals surface area contributed by atoms with Gasteiger partial charge in [-0.25, -0.2) is 4.79 Å². The summed E-state index contributed by atoms with van der Waals surface area (Å²) in [5.41, 5.74) is 7.20. The summed E-state index contributed by atoms with van der Waals surface area (Å²) in [6, 6.07) is 56.4. The first kappa shape index (κ1) is 38.9. The minimum absolute atomic E-state index is 0.0982. The topological polar surface area (TPSA) is 54.7 Å². The standard InChI is InChI=1S/C49H49ClN2O3Si/c1-49(2,3)56(41-21-13-7-14-22-41,42-23-15-8-16-24-42)55-34-32-46-43(31-33-51(4)40-28-25-38(26-29-40)48(53)54)44-35-39(50)27-30-45(44)52(46)47(36-17-9-5-10-18-36)37-19-11-6-12-20-37/h5-30,35,47H,31-34H2,1-4H3,(H,53,54). The van der Waals surface area contributed by atoms with Crippen LogP contribution in [0.1, 0.15) is 59.6 Å². The molecule has 7 heteroatoms. The highest BCUT2D eigenvalue weighted by Gasteiger charge is 2.50. The zero-order chi connectivity index (χ0) is 39.3. The molecule has 0 unspecified atom stereocenters. The maximum absolute atomic E-state index is 11.6. The Labute approximate surface area is 336 Å². The quantitative estimate of drug-likeness (QED) is 0.112. The second kappa shape index (κ2) is 16.8. The van der Waals surface area contributed by atoms with Crippen LogP contribution in [0.5, 0.6) is 0 Å². The Kier molecular flexibility index (Phi) is 11.6. The summed E-state index contributed by atoms with van der Waals surface area (Å²) >= 11 is 6.83. The summed E-state index contributed by atoms with van der Waals surface area (Å²) in [5.74, 6) is -0.930. The second-order valence-corrected chi connectivity index (χ2v) is 20.2. The van der Waals surface area contributed by atoms with E-state index >= 15 is 0 Å². The molecule has 7 rings (SSSR count). The van der Waals surface area contributed by atoms with Crippen molar-refractivity contribution in [1.82, 2.24) is 4.57 Å². The summed E-state index contributed by atoms with van der Waals surface area (Å²) in [6.45, 7) is 8.20. The Balaban J connectivity index is 1.38. The van der Waals surface area contributed by atoms with Gasteiger partial charge in [-0.3, -0.25) is 0 Å². The lowest BCUT2D eigenvalue weighted by Gasteiger charge is -2.43. The molecule has 0 aliphatic rings. The molecule has 0 saturated carbocycles. The van der Waals surface area contributed by atoms with Gasteiger partial charge in [0.1, 0.15) is 0 Å². The number of halogens is 1. The van der Waals surface area contributed by atoms with E-state index in [4.69, 9.17) is 16.0 Å². The predicted molar refractivity (Wildman–Crippen MR) is 235 cm³/mol. The third-order valence-corrected chi connectivity index (χ3v) is 16.3. The van der Waals surface area contributed by atoms with E-state index in [0.717, 1.165) is 23.0 Å². The number of aromatic nitrogens is 1. The van der Waals surface area contributed by atoms with E-state index < -0.39 is 14.3 Å². The number of likely N-dealkylation sites (N-methyl/N-ethyl adjacent to an activating group) is 1. The number of aromatic carboxylic acids is 1. The van der Waals surface area contributed by atoms with Gasteiger partial charge in [0.25, 0.3) is 8.32 Å². The van der Waals surface area contributed by atoms with Gasteiger partial charge >= 0.3 is 5.97 Å². The van der Waals surface area contributed by atoms with Crippen LogP contribution in [0.2, 0.25) is 10.1 Å². The summed E-state index contributed by atoms with van der Waals surface area (Å²) in [7, 11) is -0.755. The molecule has 1 heterocycles. The molecular formula is C49H49ClN2O3Si. The molecule has 0 spiro atoms. The van der Waals surface area contributed by atoms with Crippen molar-refractivity contribution >= 4 is 52.9 Å². The number of nitrogens with zero attached hydrogens (tertiary/aromatic N) is 2. The first-order chi connectivity index (χ1) is 27.1. The summed E-state index contributed by atoms with van der Waals surface area (Å²) < 4.78 is 10.1. The van der Waals surface area contributed by atoms with Crippen molar-refractivity contribution in [1.29, 1.82) is 0 Å². The highest BCUT2D eigenvalue weighted by atomic mass is 35.5. The van der Waals surface area contributed by atoms with Gasteiger partial charge in [-0.15, -0.1) is 0 Å². The molecule has 7 aromatic rings. The number of carboxylic acids is 1. The predicted octanol–water partition coefficient (Wildman–Crippen LogP) is 10.4. The van der Waals surface area contributed by atoms with Crippen LogP contribution in [-0.4, -0.2) is 44.2 Å². The van der Waals surface area contributed by atoms with E-state index in [-0.39, 0.29) is 16.6 Å². The van der Waals surface area contributed by atoms with Crippen LogP contribution in [0.3, 0.4) is 0 Å². The molecular weight excluding hydrogens is 728 g/mol. The minimum Gasteiger partial charge on any atom is -0.478 e. The fraction of sp³-hybridized carbons (Fsp3) is 0.204. The Morgan fingerprint density at radius 1 is 0.732 bits per heavy atom. The minimum atomic E-state index is -2.81. The van der Waals surface area contributed by atoms with Crippen LogP contribution in [0.25, 0.3) is 10.9 Å². The molecule has 5 nitrogen and oxygen atoms in total. The molecule has 56 heavy (non-hydrogen) atoms. The van der Waals surface area contributed by atoms with Gasteiger partial charge in [-0.05, 0) is 81.0 Å². The molecule has 6 aromatic carbocycles. The average Bonchev–Trinajstić information content (AvgIpc) is 3.50. The zero-order valence-corrected chi connectivity index (χ0v) is 34.3. The Bertz CT molecular complexity index is 2300. The Morgan fingerprint density at radius 3 is 1.75 bits per heavy atom. The maximum Gasteiger partial charge on any atom is 0.335 e. The highest BCUT2D eigenvalue weighted by molar-refractivity contribution is 6.99. The van der Waals surface area contributed by atoms with Gasteiger partial charge in [0.2, 0.25) is 0 Å². The lowest BCUT2D eigenvalue weighted by atomic mass is 9.97. The van der Waals surface area contributed by atoms with E-state index in [1.54, 1.807) is 12.1 Å². The number of fused-ring (bicyclic) bond motifs is 1. The lowest BCUT2D eigenvalue weighted by molar-refractivity contribution is 0.0697. The van der Waals surface area contributed by atoms with E-state index in [1.165, 1.54) is 32.8 Å². The smallest absolute Gasteiger partial charge is 0.335 e. The van der Waals surface area contributed by atoms with Gasteiger partial charge in [0, 0.05) is 53.9 Å². The largest absolute Gasteiger partial charge is 0.478 e. The Hall–Kier alpha value is -5.40. The molecule has 1 N–H and O–H groups in total. The lowest BCUT2D eigenvalue weighted by Crippen LogP contribution is -2.66. The zero-order valence-electron chi connectivity index (χ0n) is 32.5. The van der Waals surface area contributed by atoms with Crippen molar-refractivity contribution in [3.05, 3.63) is 197 Å². The number of hydrogen-bond acceptors (Lipinski definition) is 3. The highest BCUT2D eigenvalue weighted by Crippen LogP contribution is 2.40. The number of rotatable bonds is 14. The normalized spacial score (nSPS) is 12.0. The first-order valence-electron chi connectivity index (χ1n) is 19.3. The van der Waals surface area contributed by atoms with E-state index in [1.807, 2.05) is 18.2 Å². The number of anilines is 1. The molecule has 0 amide bonds. The van der Waals surface area contributed by atoms with Gasteiger partial charge in [0.05, 0.1) is 11.6 Å². The molecule has 0 saturated heterocycles. The molecule has 1 aromatic heterocycles. The van der Waals surface area contributed by atoms with Gasteiger partial charge < -0.3 is 19.0 Å². The van der Waals surface area contributed by atoms with E-state index in [9.17, 15) is 9.90 Å². The van der Waals surface area contributed by atoms with Crippen LogP contribution in [0.15, 0.2) is 164 Å². The van der Waals surface area contributed by atoms with Gasteiger partial charge in [0.15, 0.2) is 0 Å².